The Morgan fingerprint density at radius 1 is 1.15 bits per heavy atom. The molecule has 26 heavy (non-hydrogen) atoms. The number of carbonyl (C=O) groups is 1. The van der Waals surface area contributed by atoms with Gasteiger partial charge in [-0.15, -0.1) is 11.3 Å². The lowest BCUT2D eigenvalue weighted by Crippen LogP contribution is -2.40. The number of rotatable bonds is 5. The SMILES string of the molecule is Cc1ccc(CN(Cc2ccco2)C(=O)C2COc3ccccc3C2)s1. The first-order chi connectivity index (χ1) is 12.7. The summed E-state index contributed by atoms with van der Waals surface area (Å²) in [5.74, 6) is 1.63. The number of hydrogen-bond donors (Lipinski definition) is 0. The van der Waals surface area contributed by atoms with E-state index < -0.39 is 0 Å². The lowest BCUT2D eigenvalue weighted by Gasteiger charge is -2.30. The molecule has 0 saturated carbocycles. The molecule has 3 heterocycles. The summed E-state index contributed by atoms with van der Waals surface area (Å²) in [6, 6.07) is 15.9. The van der Waals surface area contributed by atoms with Crippen LogP contribution in [0.25, 0.3) is 0 Å². The van der Waals surface area contributed by atoms with Gasteiger partial charge in [-0.05, 0) is 49.2 Å². The second kappa shape index (κ2) is 7.38. The highest BCUT2D eigenvalue weighted by molar-refractivity contribution is 7.11. The van der Waals surface area contributed by atoms with E-state index in [1.807, 2.05) is 41.3 Å². The van der Waals surface area contributed by atoms with Gasteiger partial charge in [-0.3, -0.25) is 4.79 Å². The topological polar surface area (TPSA) is 42.7 Å². The third kappa shape index (κ3) is 3.68. The summed E-state index contributed by atoms with van der Waals surface area (Å²) in [6.07, 6.45) is 2.36. The molecule has 0 saturated heterocycles. The molecule has 2 aromatic heterocycles. The number of benzene rings is 1. The summed E-state index contributed by atoms with van der Waals surface area (Å²) in [5, 5.41) is 0. The number of hydrogen-bond acceptors (Lipinski definition) is 4. The van der Waals surface area contributed by atoms with Crippen molar-refractivity contribution in [2.75, 3.05) is 6.61 Å². The van der Waals surface area contributed by atoms with Crippen molar-refractivity contribution in [1.29, 1.82) is 0 Å². The standard InChI is InChI=1S/C21H21NO3S/c1-15-8-9-19(26-15)13-22(12-18-6-4-10-24-18)21(23)17-11-16-5-2-3-7-20(16)25-14-17/h2-10,17H,11-14H2,1H3. The first-order valence-corrected chi connectivity index (χ1v) is 9.58. The summed E-state index contributed by atoms with van der Waals surface area (Å²) in [7, 11) is 0. The van der Waals surface area contributed by atoms with Gasteiger partial charge in [-0.2, -0.15) is 0 Å². The van der Waals surface area contributed by atoms with Crippen molar-refractivity contribution in [2.45, 2.75) is 26.4 Å². The maximum atomic E-state index is 13.3. The third-order valence-electron chi connectivity index (χ3n) is 4.61. The Balaban J connectivity index is 1.53. The zero-order chi connectivity index (χ0) is 17.9. The molecule has 0 aliphatic carbocycles. The van der Waals surface area contributed by atoms with Crippen molar-refractivity contribution in [1.82, 2.24) is 4.90 Å². The van der Waals surface area contributed by atoms with E-state index in [-0.39, 0.29) is 11.8 Å². The van der Waals surface area contributed by atoms with Crippen LogP contribution in [-0.4, -0.2) is 17.4 Å². The molecule has 0 spiro atoms. The van der Waals surface area contributed by atoms with Crippen molar-refractivity contribution < 1.29 is 13.9 Å². The Kier molecular flexibility index (Phi) is 4.80. The minimum Gasteiger partial charge on any atom is -0.492 e. The molecular weight excluding hydrogens is 346 g/mol. The highest BCUT2D eigenvalue weighted by Gasteiger charge is 2.30. The number of nitrogens with zero attached hydrogens (tertiary/aromatic N) is 1. The molecule has 1 aliphatic heterocycles. The zero-order valence-corrected chi connectivity index (χ0v) is 15.5. The Morgan fingerprint density at radius 2 is 2.04 bits per heavy atom. The van der Waals surface area contributed by atoms with Gasteiger partial charge in [0.1, 0.15) is 18.1 Å². The quantitative estimate of drug-likeness (QED) is 0.670. The predicted molar refractivity (Wildman–Crippen MR) is 101 cm³/mol. The number of fused-ring (bicyclic) bond motifs is 1. The van der Waals surface area contributed by atoms with Crippen molar-refractivity contribution in [3.8, 4) is 5.75 Å². The fraction of sp³-hybridized carbons (Fsp3) is 0.286. The minimum absolute atomic E-state index is 0.113. The number of thiophene rings is 1. The highest BCUT2D eigenvalue weighted by atomic mass is 32.1. The normalized spacial score (nSPS) is 16.0. The molecule has 1 aliphatic rings. The number of aryl methyl sites for hydroxylation is 1. The van der Waals surface area contributed by atoms with Crippen LogP contribution in [0.4, 0.5) is 0 Å². The molecule has 1 aromatic carbocycles. The molecule has 4 nitrogen and oxygen atoms in total. The Hall–Kier alpha value is -2.53. The number of furan rings is 1. The first-order valence-electron chi connectivity index (χ1n) is 8.76. The van der Waals surface area contributed by atoms with Crippen molar-refractivity contribution >= 4 is 17.2 Å². The summed E-state index contributed by atoms with van der Waals surface area (Å²) in [6.45, 7) is 3.57. The molecule has 5 heteroatoms. The number of carbonyl (C=O) groups excluding carboxylic acids is 1. The summed E-state index contributed by atoms with van der Waals surface area (Å²) < 4.78 is 11.3. The van der Waals surface area contributed by atoms with E-state index in [0.717, 1.165) is 17.1 Å². The van der Waals surface area contributed by atoms with E-state index in [0.29, 0.717) is 26.1 Å². The Morgan fingerprint density at radius 3 is 2.81 bits per heavy atom. The minimum atomic E-state index is -0.166. The molecular formula is C21H21NO3S. The smallest absolute Gasteiger partial charge is 0.230 e. The molecule has 0 bridgehead atoms. The van der Waals surface area contributed by atoms with Gasteiger partial charge in [0.05, 0.1) is 25.3 Å². The summed E-state index contributed by atoms with van der Waals surface area (Å²) in [5.41, 5.74) is 1.10. The van der Waals surface area contributed by atoms with E-state index >= 15 is 0 Å². The van der Waals surface area contributed by atoms with E-state index in [1.54, 1.807) is 17.6 Å². The van der Waals surface area contributed by atoms with Crippen LogP contribution in [-0.2, 0) is 24.3 Å². The fourth-order valence-corrected chi connectivity index (χ4v) is 4.21. The van der Waals surface area contributed by atoms with E-state index in [9.17, 15) is 4.79 Å². The average Bonchev–Trinajstić information content (AvgIpc) is 3.32. The van der Waals surface area contributed by atoms with Gasteiger partial charge in [0.25, 0.3) is 0 Å². The van der Waals surface area contributed by atoms with Crippen LogP contribution in [0.2, 0.25) is 0 Å². The largest absolute Gasteiger partial charge is 0.492 e. The van der Waals surface area contributed by atoms with Gasteiger partial charge < -0.3 is 14.1 Å². The van der Waals surface area contributed by atoms with Crippen LogP contribution in [0.1, 0.15) is 21.1 Å². The lowest BCUT2D eigenvalue weighted by molar-refractivity contribution is -0.138. The van der Waals surface area contributed by atoms with Crippen LogP contribution >= 0.6 is 11.3 Å². The monoisotopic (exact) mass is 367 g/mol. The maximum Gasteiger partial charge on any atom is 0.230 e. The molecule has 1 unspecified atom stereocenters. The predicted octanol–water partition coefficient (Wildman–Crippen LogP) is 4.43. The second-order valence-corrected chi connectivity index (χ2v) is 7.98. The average molecular weight is 367 g/mol. The van der Waals surface area contributed by atoms with Gasteiger partial charge in [0.2, 0.25) is 5.91 Å². The first kappa shape index (κ1) is 16.9. The van der Waals surface area contributed by atoms with E-state index in [2.05, 4.69) is 19.1 Å². The van der Waals surface area contributed by atoms with Gasteiger partial charge >= 0.3 is 0 Å². The zero-order valence-electron chi connectivity index (χ0n) is 14.7. The molecule has 0 fully saturated rings. The highest BCUT2D eigenvalue weighted by Crippen LogP contribution is 2.29. The van der Waals surface area contributed by atoms with Crippen molar-refractivity contribution in [2.24, 2.45) is 5.92 Å². The van der Waals surface area contributed by atoms with Crippen molar-refractivity contribution in [3.63, 3.8) is 0 Å². The summed E-state index contributed by atoms with van der Waals surface area (Å²) in [4.78, 5) is 17.6. The maximum absolute atomic E-state index is 13.3. The van der Waals surface area contributed by atoms with Gasteiger partial charge in [0, 0.05) is 9.75 Å². The Labute approximate surface area is 157 Å². The van der Waals surface area contributed by atoms with Gasteiger partial charge in [-0.25, -0.2) is 0 Å². The Bertz CT molecular complexity index is 884. The molecule has 4 rings (SSSR count). The molecule has 1 amide bonds. The molecule has 0 N–H and O–H groups in total. The van der Waals surface area contributed by atoms with E-state index in [1.165, 1.54) is 9.75 Å². The van der Waals surface area contributed by atoms with Crippen LogP contribution in [0.3, 0.4) is 0 Å². The molecule has 1 atom stereocenters. The van der Waals surface area contributed by atoms with Crippen molar-refractivity contribution in [3.05, 3.63) is 75.9 Å². The van der Waals surface area contributed by atoms with Crippen LogP contribution in [0.5, 0.6) is 5.75 Å². The number of para-hydroxylation sites is 1. The van der Waals surface area contributed by atoms with Crippen LogP contribution in [0, 0.1) is 12.8 Å². The number of amides is 1. The fourth-order valence-electron chi connectivity index (χ4n) is 3.31. The van der Waals surface area contributed by atoms with Crippen LogP contribution in [0.15, 0.2) is 59.2 Å². The third-order valence-corrected chi connectivity index (χ3v) is 5.59. The number of ether oxygens (including phenoxy) is 1. The summed E-state index contributed by atoms with van der Waals surface area (Å²) >= 11 is 1.73. The van der Waals surface area contributed by atoms with Gasteiger partial charge in [-0.1, -0.05) is 18.2 Å². The van der Waals surface area contributed by atoms with Crippen LogP contribution < -0.4 is 4.74 Å². The lowest BCUT2D eigenvalue weighted by atomic mass is 9.95. The molecule has 0 radical (unpaired) electrons. The molecule has 3 aromatic rings. The van der Waals surface area contributed by atoms with E-state index in [4.69, 9.17) is 9.15 Å². The molecule has 134 valence electrons. The van der Waals surface area contributed by atoms with Gasteiger partial charge in [0.15, 0.2) is 0 Å². The second-order valence-electron chi connectivity index (χ2n) is 6.61.